The van der Waals surface area contributed by atoms with Crippen molar-refractivity contribution in [3.05, 3.63) is 125 Å². The first kappa shape index (κ1) is 31.3. The molecule has 6 rings (SSSR count). The van der Waals surface area contributed by atoms with Gasteiger partial charge in [-0.15, -0.1) is 29.3 Å². The van der Waals surface area contributed by atoms with Crippen LogP contribution in [-0.2, 0) is 37.3 Å². The molecule has 0 fully saturated rings. The summed E-state index contributed by atoms with van der Waals surface area (Å²) in [6.07, 6.45) is 1.77. The van der Waals surface area contributed by atoms with Gasteiger partial charge in [0.15, 0.2) is 0 Å². The van der Waals surface area contributed by atoms with E-state index in [-0.39, 0.29) is 54.3 Å². The third kappa shape index (κ3) is 7.60. The quantitative estimate of drug-likeness (QED) is 0.176. The molecule has 0 aliphatic rings. The van der Waals surface area contributed by atoms with Crippen molar-refractivity contribution in [3.8, 4) is 45.2 Å². The van der Waals surface area contributed by atoms with Crippen molar-refractivity contribution in [1.82, 2.24) is 14.5 Å². The van der Waals surface area contributed by atoms with Crippen molar-refractivity contribution >= 4 is 16.6 Å². The molecule has 0 radical (unpaired) electrons. The van der Waals surface area contributed by atoms with Gasteiger partial charge in [-0.2, -0.15) is 0 Å². The predicted octanol–water partition coefficient (Wildman–Crippen LogP) is 12.5. The van der Waals surface area contributed by atoms with E-state index in [9.17, 15) is 5.11 Å². The number of phenols is 1. The molecule has 6 aromatic rings. The number of hydrogen-bond donors (Lipinski definition) is 1. The van der Waals surface area contributed by atoms with Crippen molar-refractivity contribution in [1.29, 1.82) is 0 Å². The fraction of sp³-hybridized carbons (Fsp3) is 0.319. The Morgan fingerprint density at radius 3 is 2.00 bits per heavy atom. The summed E-state index contributed by atoms with van der Waals surface area (Å²) < 4.78 is 51.7. The van der Waals surface area contributed by atoms with E-state index < -0.39 is 25.0 Å². The van der Waals surface area contributed by atoms with E-state index in [2.05, 4.69) is 105 Å². The second-order valence-electron chi connectivity index (χ2n) is 16.8. The normalized spacial score (nSPS) is 14.4. The topological polar surface area (TPSA) is 50.9 Å². The fourth-order valence-corrected chi connectivity index (χ4v) is 6.30. The molecule has 0 atom stereocenters. The van der Waals surface area contributed by atoms with Gasteiger partial charge in [0.25, 0.3) is 0 Å². The van der Waals surface area contributed by atoms with E-state index >= 15 is 0 Å². The van der Waals surface area contributed by atoms with E-state index in [1.807, 2.05) is 41.8 Å². The number of para-hydroxylation sites is 1. The SMILES string of the molecule is [2H]C([2H])([2H])c1cc(-c2nc3c(-c4[c-]c(-c5cc(C(=C)C)ccn5)cc(C(C)(C)C)c4)cccc3n2-c2cc(C(C)(C)C)cc(C(C)(C)C)c2)c(O)c(C([2H])([2H])[2H])c1.[Pt]. The van der Waals surface area contributed by atoms with Crippen molar-refractivity contribution in [2.45, 2.75) is 99.2 Å². The van der Waals surface area contributed by atoms with Gasteiger partial charge in [-0.05, 0) is 95.0 Å². The minimum Gasteiger partial charge on any atom is -0.507 e. The number of pyridine rings is 1. The summed E-state index contributed by atoms with van der Waals surface area (Å²) in [5.74, 6) is -0.336. The van der Waals surface area contributed by atoms with Gasteiger partial charge in [-0.1, -0.05) is 116 Å². The maximum atomic E-state index is 11.9. The Labute approximate surface area is 333 Å². The molecular formula is C47H52N3OPt-. The first-order valence-corrected chi connectivity index (χ1v) is 17.4. The Morgan fingerprint density at radius 1 is 0.769 bits per heavy atom. The van der Waals surface area contributed by atoms with Gasteiger partial charge in [-0.3, -0.25) is 9.55 Å². The Morgan fingerprint density at radius 2 is 1.40 bits per heavy atom. The summed E-state index contributed by atoms with van der Waals surface area (Å²) in [6.45, 7) is 20.0. The van der Waals surface area contributed by atoms with Crippen LogP contribution >= 0.6 is 0 Å². The van der Waals surface area contributed by atoms with E-state index in [0.717, 1.165) is 62.0 Å². The fourth-order valence-electron chi connectivity index (χ4n) is 6.30. The Balaban J connectivity index is 0.00000641. The van der Waals surface area contributed by atoms with Gasteiger partial charge in [0, 0.05) is 46.9 Å². The Bertz CT molecular complexity index is 2510. The van der Waals surface area contributed by atoms with Crippen LogP contribution in [0, 0.1) is 19.8 Å². The number of rotatable bonds is 5. The van der Waals surface area contributed by atoms with Crippen LogP contribution in [0.25, 0.3) is 56.1 Å². The second-order valence-corrected chi connectivity index (χ2v) is 16.8. The third-order valence-electron chi connectivity index (χ3n) is 9.50. The summed E-state index contributed by atoms with van der Waals surface area (Å²) in [4.78, 5) is 9.97. The minimum atomic E-state index is -2.80. The summed E-state index contributed by atoms with van der Waals surface area (Å²) in [5.41, 5.74) is 8.76. The molecule has 0 bridgehead atoms. The van der Waals surface area contributed by atoms with E-state index in [4.69, 9.17) is 18.2 Å². The molecule has 0 spiro atoms. The number of hydrogen-bond acceptors (Lipinski definition) is 3. The number of aromatic nitrogens is 3. The van der Waals surface area contributed by atoms with Gasteiger partial charge in [0.1, 0.15) is 11.6 Å². The number of imidazole rings is 1. The molecule has 2 heterocycles. The van der Waals surface area contributed by atoms with Crippen molar-refractivity contribution < 1.29 is 34.4 Å². The van der Waals surface area contributed by atoms with Gasteiger partial charge in [0.05, 0.1) is 16.6 Å². The molecule has 0 amide bonds. The van der Waals surface area contributed by atoms with Gasteiger partial charge in [-0.25, -0.2) is 4.98 Å². The predicted molar refractivity (Wildman–Crippen MR) is 216 cm³/mol. The zero-order valence-electron chi connectivity index (χ0n) is 37.8. The Hall–Kier alpha value is -4.27. The minimum absolute atomic E-state index is 0. The molecule has 1 N–H and O–H groups in total. The number of phenolic OH excluding ortho intramolecular Hbond substituents is 1. The molecule has 0 aliphatic carbocycles. The summed E-state index contributed by atoms with van der Waals surface area (Å²) in [6, 6.07) is 26.5. The summed E-state index contributed by atoms with van der Waals surface area (Å²) in [7, 11) is 0. The zero-order valence-corrected chi connectivity index (χ0v) is 34.1. The standard InChI is InChI=1S/C47H52N3O.Pt/c1-28(2)31-17-18-48-40(24-31)33-21-32(22-34(23-33)45(5,6)7)38-15-14-16-41-42(38)49-44(39-20-29(3)19-30(4)43(39)51)50(41)37-26-35(46(8,9)10)25-36(27-37)47(11,12)13;/h14-20,22-27,51H,1H2,2-13H3;/q-1;/i3D3,4D3;. The maximum Gasteiger partial charge on any atom is 0.148 e. The molecule has 0 aliphatic heterocycles. The van der Waals surface area contributed by atoms with Crippen LogP contribution in [0.2, 0.25) is 0 Å². The molecule has 4 aromatic carbocycles. The van der Waals surface area contributed by atoms with Gasteiger partial charge < -0.3 is 5.11 Å². The molecule has 4 nitrogen and oxygen atoms in total. The monoisotopic (exact) mass is 875 g/mol. The van der Waals surface area contributed by atoms with Crippen LogP contribution in [0.1, 0.15) is 111 Å². The number of aryl methyl sites for hydroxylation is 2. The molecular weight excluding hydrogens is 818 g/mol. The molecule has 272 valence electrons. The molecule has 2 aromatic heterocycles. The Kier molecular flexibility index (Phi) is 8.38. The van der Waals surface area contributed by atoms with Crippen LogP contribution < -0.4 is 0 Å². The van der Waals surface area contributed by atoms with Crippen LogP contribution in [-0.4, -0.2) is 19.6 Å². The first-order chi connectivity index (χ1) is 26.1. The molecule has 0 saturated heterocycles. The number of fused-ring (bicyclic) bond motifs is 1. The number of benzene rings is 4. The van der Waals surface area contributed by atoms with Gasteiger partial charge >= 0.3 is 0 Å². The number of nitrogens with zero attached hydrogens (tertiary/aromatic N) is 3. The van der Waals surface area contributed by atoms with Crippen LogP contribution in [0.4, 0.5) is 0 Å². The van der Waals surface area contributed by atoms with E-state index in [1.165, 1.54) is 6.07 Å². The van der Waals surface area contributed by atoms with Crippen molar-refractivity contribution in [2.75, 3.05) is 0 Å². The van der Waals surface area contributed by atoms with Crippen molar-refractivity contribution in [3.63, 3.8) is 0 Å². The second kappa shape index (κ2) is 13.9. The number of allylic oxidation sites excluding steroid dienone is 1. The molecule has 0 saturated carbocycles. The summed E-state index contributed by atoms with van der Waals surface area (Å²) in [5, 5.41) is 11.9. The molecule has 5 heteroatoms. The maximum absolute atomic E-state index is 11.9. The largest absolute Gasteiger partial charge is 0.507 e. The average molecular weight is 876 g/mol. The third-order valence-corrected chi connectivity index (χ3v) is 9.50. The number of aromatic hydroxyl groups is 1. The summed E-state index contributed by atoms with van der Waals surface area (Å²) >= 11 is 0. The van der Waals surface area contributed by atoms with Gasteiger partial charge in [0.2, 0.25) is 0 Å². The smallest absolute Gasteiger partial charge is 0.148 e. The van der Waals surface area contributed by atoms with Crippen LogP contribution in [0.3, 0.4) is 0 Å². The van der Waals surface area contributed by atoms with Crippen LogP contribution in [0.15, 0.2) is 85.6 Å². The first-order valence-electron chi connectivity index (χ1n) is 20.4. The van der Waals surface area contributed by atoms with E-state index in [0.29, 0.717) is 11.0 Å². The molecule has 0 unspecified atom stereocenters. The van der Waals surface area contributed by atoms with E-state index in [1.54, 1.807) is 6.20 Å². The van der Waals surface area contributed by atoms with Crippen molar-refractivity contribution in [2.24, 2.45) is 0 Å². The van der Waals surface area contributed by atoms with Crippen LogP contribution in [0.5, 0.6) is 5.75 Å². The average Bonchev–Trinajstić information content (AvgIpc) is 3.49. The molecule has 52 heavy (non-hydrogen) atoms. The zero-order chi connectivity index (χ0) is 42.2.